The first-order valence-corrected chi connectivity index (χ1v) is 7.42. The topological polar surface area (TPSA) is 24.9 Å². The number of rotatable bonds is 2. The molecule has 0 bridgehead atoms. The highest BCUT2D eigenvalue weighted by molar-refractivity contribution is 9.11. The molecule has 94 valence electrons. The SMILES string of the molecule is Clc1cc(Cl)c(Nc2ncc(Br)cc2Br)cc1Cl. The minimum atomic E-state index is 0.412. The molecule has 0 aliphatic rings. The molecule has 0 aliphatic heterocycles. The first kappa shape index (κ1) is 14.4. The van der Waals surface area contributed by atoms with Crippen molar-refractivity contribution in [2.75, 3.05) is 5.32 Å². The fraction of sp³-hybridized carbons (Fsp3) is 0. The zero-order chi connectivity index (χ0) is 13.3. The Labute approximate surface area is 136 Å². The first-order chi connectivity index (χ1) is 8.47. The fourth-order valence-corrected chi connectivity index (χ4v) is 2.93. The maximum absolute atomic E-state index is 6.08. The summed E-state index contributed by atoms with van der Waals surface area (Å²) in [6.07, 6.45) is 1.68. The van der Waals surface area contributed by atoms with E-state index in [1.165, 1.54) is 0 Å². The van der Waals surface area contributed by atoms with Gasteiger partial charge in [-0.05, 0) is 50.1 Å². The zero-order valence-corrected chi connectivity index (χ0v) is 14.1. The Morgan fingerprint density at radius 2 is 1.61 bits per heavy atom. The van der Waals surface area contributed by atoms with Crippen LogP contribution in [0.15, 0.2) is 33.3 Å². The van der Waals surface area contributed by atoms with Gasteiger partial charge in [0.15, 0.2) is 0 Å². The second kappa shape index (κ2) is 5.97. The van der Waals surface area contributed by atoms with E-state index in [2.05, 4.69) is 42.2 Å². The van der Waals surface area contributed by atoms with Gasteiger partial charge in [-0.15, -0.1) is 0 Å². The van der Waals surface area contributed by atoms with Crippen molar-refractivity contribution in [2.24, 2.45) is 0 Å². The van der Waals surface area contributed by atoms with E-state index >= 15 is 0 Å². The van der Waals surface area contributed by atoms with Crippen molar-refractivity contribution in [3.63, 3.8) is 0 Å². The number of nitrogens with one attached hydrogen (secondary N) is 1. The molecule has 0 saturated carbocycles. The predicted octanol–water partition coefficient (Wildman–Crippen LogP) is 6.31. The summed E-state index contributed by atoms with van der Waals surface area (Å²) in [5, 5.41) is 4.39. The lowest BCUT2D eigenvalue weighted by Gasteiger charge is -2.10. The Morgan fingerprint density at radius 1 is 0.944 bits per heavy atom. The lowest BCUT2D eigenvalue weighted by atomic mass is 10.3. The Balaban J connectivity index is 2.37. The maximum atomic E-state index is 6.08. The summed E-state index contributed by atoms with van der Waals surface area (Å²) in [6.45, 7) is 0. The van der Waals surface area contributed by atoms with E-state index in [4.69, 9.17) is 34.8 Å². The number of halogens is 5. The number of anilines is 2. The predicted molar refractivity (Wildman–Crippen MR) is 84.4 cm³/mol. The van der Waals surface area contributed by atoms with E-state index in [1.54, 1.807) is 18.3 Å². The number of aromatic nitrogens is 1. The lowest BCUT2D eigenvalue weighted by molar-refractivity contribution is 1.27. The monoisotopic (exact) mass is 428 g/mol. The van der Waals surface area contributed by atoms with Gasteiger partial charge >= 0.3 is 0 Å². The van der Waals surface area contributed by atoms with Crippen LogP contribution in [0.25, 0.3) is 0 Å². The van der Waals surface area contributed by atoms with E-state index < -0.39 is 0 Å². The standard InChI is InChI=1S/C11H5Br2Cl3N2/c12-5-1-6(13)11(17-4-5)18-10-3-8(15)7(14)2-9(10)16/h1-4H,(H,17,18). The third kappa shape index (κ3) is 3.31. The Hall–Kier alpha value is -0.000000000000000167. The summed E-state index contributed by atoms with van der Waals surface area (Å²) in [4.78, 5) is 4.23. The number of nitrogens with zero attached hydrogens (tertiary/aromatic N) is 1. The lowest BCUT2D eigenvalue weighted by Crippen LogP contribution is -1.95. The van der Waals surface area contributed by atoms with Crippen molar-refractivity contribution in [3.8, 4) is 0 Å². The summed E-state index contributed by atoms with van der Waals surface area (Å²) in [5.41, 5.74) is 0.640. The Kier molecular flexibility index (Phi) is 4.78. The molecular weight excluding hydrogens is 426 g/mol. The minimum Gasteiger partial charge on any atom is -0.338 e. The van der Waals surface area contributed by atoms with Crippen LogP contribution >= 0.6 is 66.7 Å². The van der Waals surface area contributed by atoms with E-state index in [9.17, 15) is 0 Å². The molecule has 0 fully saturated rings. The summed E-state index contributed by atoms with van der Waals surface area (Å²) in [6, 6.07) is 5.11. The second-order valence-corrected chi connectivity index (χ2v) is 6.35. The highest BCUT2D eigenvalue weighted by Gasteiger charge is 2.09. The van der Waals surface area contributed by atoms with Gasteiger partial charge in [0.2, 0.25) is 0 Å². The molecule has 2 aromatic rings. The Bertz CT molecular complexity index is 605. The molecule has 1 aromatic carbocycles. The molecule has 2 rings (SSSR count). The summed E-state index contributed by atoms with van der Waals surface area (Å²) in [7, 11) is 0. The number of benzene rings is 1. The van der Waals surface area contributed by atoms with Crippen LogP contribution in [0.2, 0.25) is 15.1 Å². The van der Waals surface area contributed by atoms with Crippen molar-refractivity contribution in [1.29, 1.82) is 0 Å². The van der Waals surface area contributed by atoms with Crippen LogP contribution in [0, 0.1) is 0 Å². The molecule has 18 heavy (non-hydrogen) atoms. The number of hydrogen-bond donors (Lipinski definition) is 1. The van der Waals surface area contributed by atoms with Crippen molar-refractivity contribution in [2.45, 2.75) is 0 Å². The molecule has 1 N–H and O–H groups in total. The van der Waals surface area contributed by atoms with E-state index in [-0.39, 0.29) is 0 Å². The van der Waals surface area contributed by atoms with Crippen LogP contribution in [0.5, 0.6) is 0 Å². The van der Waals surface area contributed by atoms with Crippen LogP contribution in [0.3, 0.4) is 0 Å². The third-order valence-corrected chi connectivity index (χ3v) is 4.14. The highest BCUT2D eigenvalue weighted by atomic mass is 79.9. The smallest absolute Gasteiger partial charge is 0.144 e. The second-order valence-electron chi connectivity index (χ2n) is 3.36. The first-order valence-electron chi connectivity index (χ1n) is 4.70. The molecule has 0 atom stereocenters. The molecule has 2 nitrogen and oxygen atoms in total. The normalized spacial score (nSPS) is 10.5. The van der Waals surface area contributed by atoms with Gasteiger partial charge in [0.1, 0.15) is 5.82 Å². The molecule has 1 heterocycles. The van der Waals surface area contributed by atoms with Crippen LogP contribution in [0.1, 0.15) is 0 Å². The van der Waals surface area contributed by atoms with Gasteiger partial charge in [0.05, 0.1) is 25.2 Å². The number of pyridine rings is 1. The largest absolute Gasteiger partial charge is 0.338 e. The molecule has 0 amide bonds. The minimum absolute atomic E-state index is 0.412. The van der Waals surface area contributed by atoms with Crippen LogP contribution < -0.4 is 5.32 Å². The quantitative estimate of drug-likeness (QED) is 0.564. The zero-order valence-electron chi connectivity index (χ0n) is 8.65. The van der Waals surface area contributed by atoms with Gasteiger partial charge in [-0.25, -0.2) is 4.98 Å². The van der Waals surface area contributed by atoms with Gasteiger partial charge in [-0.1, -0.05) is 34.8 Å². The van der Waals surface area contributed by atoms with Crippen LogP contribution in [-0.4, -0.2) is 4.98 Å². The third-order valence-electron chi connectivity index (χ3n) is 2.07. The maximum Gasteiger partial charge on any atom is 0.144 e. The van der Waals surface area contributed by atoms with Crippen molar-refractivity contribution >= 4 is 78.2 Å². The highest BCUT2D eigenvalue weighted by Crippen LogP contribution is 2.35. The van der Waals surface area contributed by atoms with Gasteiger partial charge in [-0.3, -0.25) is 0 Å². The molecule has 1 aromatic heterocycles. The average molecular weight is 431 g/mol. The van der Waals surface area contributed by atoms with E-state index in [0.717, 1.165) is 8.95 Å². The molecule has 0 aliphatic carbocycles. The Morgan fingerprint density at radius 3 is 2.28 bits per heavy atom. The molecule has 0 unspecified atom stereocenters. The molecule has 0 spiro atoms. The van der Waals surface area contributed by atoms with Crippen molar-refractivity contribution in [3.05, 3.63) is 48.4 Å². The van der Waals surface area contributed by atoms with Crippen molar-refractivity contribution in [1.82, 2.24) is 4.98 Å². The van der Waals surface area contributed by atoms with Gasteiger partial charge in [0.25, 0.3) is 0 Å². The van der Waals surface area contributed by atoms with Crippen LogP contribution in [-0.2, 0) is 0 Å². The number of hydrogen-bond acceptors (Lipinski definition) is 2. The summed E-state index contributed by atoms with van der Waals surface area (Å²) >= 11 is 24.6. The van der Waals surface area contributed by atoms with Crippen molar-refractivity contribution < 1.29 is 0 Å². The van der Waals surface area contributed by atoms with E-state index in [0.29, 0.717) is 26.6 Å². The van der Waals surface area contributed by atoms with E-state index in [1.807, 2.05) is 6.07 Å². The molecular formula is C11H5Br2Cl3N2. The average Bonchev–Trinajstić information content (AvgIpc) is 2.29. The summed E-state index contributed by atoms with van der Waals surface area (Å²) < 4.78 is 1.68. The summed E-state index contributed by atoms with van der Waals surface area (Å²) in [5.74, 6) is 0.637. The molecule has 0 saturated heterocycles. The van der Waals surface area contributed by atoms with Crippen LogP contribution in [0.4, 0.5) is 11.5 Å². The van der Waals surface area contributed by atoms with Gasteiger partial charge in [0, 0.05) is 10.7 Å². The molecule has 0 radical (unpaired) electrons. The van der Waals surface area contributed by atoms with Gasteiger partial charge < -0.3 is 5.32 Å². The van der Waals surface area contributed by atoms with Gasteiger partial charge in [-0.2, -0.15) is 0 Å². The fourth-order valence-electron chi connectivity index (χ4n) is 1.25. The molecule has 7 heteroatoms.